The molecule has 0 saturated carbocycles. The molecule has 1 fully saturated rings. The molecule has 1 amide bonds. The van der Waals surface area contributed by atoms with E-state index in [2.05, 4.69) is 4.98 Å². The standard InChI is InChI=1S/C10H12N2O.Na.H/c1-12-9(4-5-10(12)13)8-3-2-6-11-7-8;;/h2-3,6-7,9H,4-5H2,1H3;;. The van der Waals surface area contributed by atoms with Crippen molar-refractivity contribution in [3.63, 3.8) is 0 Å². The molecular formula is C10H13N2NaO. The Kier molecular flexibility index (Phi) is 4.11. The first-order valence-electron chi connectivity index (χ1n) is 4.44. The van der Waals surface area contributed by atoms with Gasteiger partial charge >= 0.3 is 29.6 Å². The molecule has 2 rings (SSSR count). The summed E-state index contributed by atoms with van der Waals surface area (Å²) in [4.78, 5) is 17.1. The first-order chi connectivity index (χ1) is 6.29. The number of rotatable bonds is 1. The van der Waals surface area contributed by atoms with Crippen molar-refractivity contribution in [2.75, 3.05) is 7.05 Å². The molecule has 0 aliphatic carbocycles. The van der Waals surface area contributed by atoms with Crippen molar-refractivity contribution in [3.05, 3.63) is 30.1 Å². The van der Waals surface area contributed by atoms with E-state index in [0.29, 0.717) is 6.42 Å². The Morgan fingerprint density at radius 2 is 2.36 bits per heavy atom. The second kappa shape index (κ2) is 4.91. The van der Waals surface area contributed by atoms with E-state index in [1.54, 1.807) is 11.1 Å². The Morgan fingerprint density at radius 1 is 1.57 bits per heavy atom. The molecule has 70 valence electrons. The SMILES string of the molecule is CN1C(=O)CCC1c1cccnc1.[NaH]. The van der Waals surface area contributed by atoms with Crippen LogP contribution in [-0.2, 0) is 4.79 Å². The molecule has 1 atom stereocenters. The minimum absolute atomic E-state index is 0. The fourth-order valence-electron chi connectivity index (χ4n) is 1.77. The number of nitrogens with zero attached hydrogens (tertiary/aromatic N) is 2. The Hall–Kier alpha value is -0.380. The van der Waals surface area contributed by atoms with Crippen LogP contribution in [0.15, 0.2) is 24.5 Å². The molecular weight excluding hydrogens is 187 g/mol. The van der Waals surface area contributed by atoms with Gasteiger partial charge in [0.15, 0.2) is 0 Å². The summed E-state index contributed by atoms with van der Waals surface area (Å²) in [5.74, 6) is 0.230. The molecule has 0 radical (unpaired) electrons. The molecule has 0 N–H and O–H groups in total. The van der Waals surface area contributed by atoms with E-state index < -0.39 is 0 Å². The monoisotopic (exact) mass is 200 g/mol. The van der Waals surface area contributed by atoms with Crippen LogP contribution in [0.4, 0.5) is 0 Å². The first-order valence-corrected chi connectivity index (χ1v) is 4.44. The average Bonchev–Trinajstić information content (AvgIpc) is 2.49. The number of carbonyl (C=O) groups excluding carboxylic acids is 1. The fourth-order valence-corrected chi connectivity index (χ4v) is 1.77. The molecule has 1 unspecified atom stereocenters. The van der Waals surface area contributed by atoms with Crippen LogP contribution in [0.5, 0.6) is 0 Å². The van der Waals surface area contributed by atoms with Gasteiger partial charge in [-0.05, 0) is 18.1 Å². The van der Waals surface area contributed by atoms with Gasteiger partial charge in [0.2, 0.25) is 5.91 Å². The third kappa shape index (κ3) is 2.16. The molecule has 4 heteroatoms. The Morgan fingerprint density at radius 3 is 2.86 bits per heavy atom. The van der Waals surface area contributed by atoms with Crippen molar-refractivity contribution in [2.24, 2.45) is 0 Å². The zero-order valence-electron chi connectivity index (χ0n) is 7.60. The molecule has 1 aliphatic rings. The number of hydrogen-bond donors (Lipinski definition) is 0. The Labute approximate surface area is 106 Å². The summed E-state index contributed by atoms with van der Waals surface area (Å²) in [5.41, 5.74) is 1.14. The summed E-state index contributed by atoms with van der Waals surface area (Å²) in [6.45, 7) is 0. The van der Waals surface area contributed by atoms with Gasteiger partial charge in [0.25, 0.3) is 0 Å². The number of carbonyl (C=O) groups is 1. The van der Waals surface area contributed by atoms with Gasteiger partial charge in [-0.3, -0.25) is 9.78 Å². The normalized spacial score (nSPS) is 20.8. The maximum absolute atomic E-state index is 11.3. The van der Waals surface area contributed by atoms with E-state index in [-0.39, 0.29) is 41.5 Å². The fraction of sp³-hybridized carbons (Fsp3) is 0.400. The summed E-state index contributed by atoms with van der Waals surface area (Å²) in [6.07, 6.45) is 5.16. The second-order valence-corrected chi connectivity index (χ2v) is 3.35. The zero-order valence-corrected chi connectivity index (χ0v) is 7.60. The molecule has 0 bridgehead atoms. The van der Waals surface area contributed by atoms with Crippen molar-refractivity contribution in [1.29, 1.82) is 0 Å². The summed E-state index contributed by atoms with van der Waals surface area (Å²) >= 11 is 0. The van der Waals surface area contributed by atoms with E-state index in [1.807, 2.05) is 25.4 Å². The van der Waals surface area contributed by atoms with Crippen LogP contribution in [0.25, 0.3) is 0 Å². The molecule has 1 aromatic rings. The third-order valence-corrected chi connectivity index (χ3v) is 2.56. The summed E-state index contributed by atoms with van der Waals surface area (Å²) in [5, 5.41) is 0. The van der Waals surface area contributed by atoms with Crippen LogP contribution in [0.1, 0.15) is 24.4 Å². The molecule has 0 spiro atoms. The van der Waals surface area contributed by atoms with Gasteiger partial charge in [-0.2, -0.15) is 0 Å². The second-order valence-electron chi connectivity index (χ2n) is 3.35. The van der Waals surface area contributed by atoms with Crippen molar-refractivity contribution < 1.29 is 4.79 Å². The van der Waals surface area contributed by atoms with Crippen LogP contribution in [0, 0.1) is 0 Å². The predicted octanol–water partition coefficient (Wildman–Crippen LogP) is 0.726. The molecule has 3 nitrogen and oxygen atoms in total. The third-order valence-electron chi connectivity index (χ3n) is 2.56. The summed E-state index contributed by atoms with van der Waals surface area (Å²) in [7, 11) is 1.85. The molecule has 1 saturated heterocycles. The Balaban J connectivity index is 0.000000980. The zero-order chi connectivity index (χ0) is 9.26. The minimum atomic E-state index is 0. The summed E-state index contributed by atoms with van der Waals surface area (Å²) in [6, 6.07) is 4.17. The number of pyridine rings is 1. The summed E-state index contributed by atoms with van der Waals surface area (Å²) < 4.78 is 0. The average molecular weight is 200 g/mol. The van der Waals surface area contributed by atoms with Crippen LogP contribution >= 0.6 is 0 Å². The van der Waals surface area contributed by atoms with Gasteiger partial charge in [-0.25, -0.2) is 0 Å². The van der Waals surface area contributed by atoms with Crippen molar-refractivity contribution >= 4 is 35.5 Å². The van der Waals surface area contributed by atoms with Gasteiger partial charge in [0.05, 0.1) is 6.04 Å². The van der Waals surface area contributed by atoms with E-state index in [4.69, 9.17) is 0 Å². The number of likely N-dealkylation sites (tertiary alicyclic amines) is 1. The van der Waals surface area contributed by atoms with E-state index in [9.17, 15) is 4.79 Å². The van der Waals surface area contributed by atoms with Crippen molar-refractivity contribution in [3.8, 4) is 0 Å². The van der Waals surface area contributed by atoms with Crippen molar-refractivity contribution in [1.82, 2.24) is 9.88 Å². The van der Waals surface area contributed by atoms with Crippen LogP contribution in [-0.4, -0.2) is 52.4 Å². The number of aromatic nitrogens is 1. The van der Waals surface area contributed by atoms with Crippen LogP contribution in [0.2, 0.25) is 0 Å². The van der Waals surface area contributed by atoms with Crippen LogP contribution in [0.3, 0.4) is 0 Å². The van der Waals surface area contributed by atoms with Gasteiger partial charge in [-0.1, -0.05) is 6.07 Å². The molecule has 0 aromatic carbocycles. The molecule has 14 heavy (non-hydrogen) atoms. The van der Waals surface area contributed by atoms with E-state index >= 15 is 0 Å². The molecule has 2 heterocycles. The van der Waals surface area contributed by atoms with E-state index in [0.717, 1.165) is 12.0 Å². The first kappa shape index (κ1) is 11.7. The van der Waals surface area contributed by atoms with Gasteiger partial charge < -0.3 is 4.90 Å². The Bertz CT molecular complexity index is 315. The molecule has 1 aliphatic heterocycles. The van der Waals surface area contributed by atoms with Gasteiger partial charge in [-0.15, -0.1) is 0 Å². The topological polar surface area (TPSA) is 33.2 Å². The van der Waals surface area contributed by atoms with E-state index in [1.165, 1.54) is 0 Å². The molecule has 1 aromatic heterocycles. The maximum atomic E-state index is 11.3. The van der Waals surface area contributed by atoms with Crippen LogP contribution < -0.4 is 0 Å². The predicted molar refractivity (Wildman–Crippen MR) is 56.1 cm³/mol. The quantitative estimate of drug-likeness (QED) is 0.626. The van der Waals surface area contributed by atoms with Gasteiger partial charge in [0, 0.05) is 25.9 Å². The number of hydrogen-bond acceptors (Lipinski definition) is 2. The number of amides is 1. The van der Waals surface area contributed by atoms with Gasteiger partial charge in [0.1, 0.15) is 0 Å². The van der Waals surface area contributed by atoms with Crippen molar-refractivity contribution in [2.45, 2.75) is 18.9 Å².